The van der Waals surface area contributed by atoms with Crippen molar-refractivity contribution < 1.29 is 0 Å². The Bertz CT molecular complexity index is 319. The summed E-state index contributed by atoms with van der Waals surface area (Å²) < 4.78 is 0. The van der Waals surface area contributed by atoms with Crippen molar-refractivity contribution in [3.8, 4) is 0 Å². The lowest BCUT2D eigenvalue weighted by Gasteiger charge is -2.12. The predicted octanol–water partition coefficient (Wildman–Crippen LogP) is 2.31. The van der Waals surface area contributed by atoms with Crippen LogP contribution in [0.2, 0.25) is 0 Å². The molecule has 0 saturated carbocycles. The van der Waals surface area contributed by atoms with Crippen molar-refractivity contribution in [3.63, 3.8) is 0 Å². The second-order valence-corrected chi connectivity index (χ2v) is 3.19. The van der Waals surface area contributed by atoms with Gasteiger partial charge in [0.1, 0.15) is 0 Å². The van der Waals surface area contributed by atoms with Crippen molar-refractivity contribution in [3.05, 3.63) is 48.6 Å². The quantitative estimate of drug-likeness (QED) is 0.562. The molecule has 0 atom stereocenters. The summed E-state index contributed by atoms with van der Waals surface area (Å²) in [4.78, 5) is 0. The molecule has 0 fully saturated rings. The van der Waals surface area contributed by atoms with Crippen LogP contribution in [0.4, 0.5) is 11.4 Å². The van der Waals surface area contributed by atoms with Crippen molar-refractivity contribution in [2.75, 3.05) is 11.5 Å². The average molecular weight is 188 g/mol. The number of nitrogens with two attached hydrogens (primary N) is 2. The molecule has 0 spiro atoms. The summed E-state index contributed by atoms with van der Waals surface area (Å²) in [6.45, 7) is 7.41. The number of benzene rings is 1. The van der Waals surface area contributed by atoms with Gasteiger partial charge in [-0.1, -0.05) is 12.2 Å². The Morgan fingerprint density at radius 2 is 1.29 bits per heavy atom. The lowest BCUT2D eigenvalue weighted by atomic mass is 9.98. The fourth-order valence-corrected chi connectivity index (χ4v) is 1.50. The Balaban J connectivity index is 3.24. The van der Waals surface area contributed by atoms with Gasteiger partial charge in [0, 0.05) is 11.4 Å². The van der Waals surface area contributed by atoms with Crippen molar-refractivity contribution in [2.45, 2.75) is 12.8 Å². The zero-order valence-corrected chi connectivity index (χ0v) is 8.29. The van der Waals surface area contributed by atoms with Crippen LogP contribution in [-0.2, 0) is 12.8 Å². The van der Waals surface area contributed by atoms with Gasteiger partial charge >= 0.3 is 0 Å². The number of allylic oxidation sites excluding steroid dienone is 2. The SMILES string of the molecule is C=CCc1c(N)ccc(N)c1CC=C. The van der Waals surface area contributed by atoms with E-state index in [0.29, 0.717) is 0 Å². The summed E-state index contributed by atoms with van der Waals surface area (Å²) in [5.74, 6) is 0. The van der Waals surface area contributed by atoms with E-state index in [2.05, 4.69) is 13.2 Å². The van der Waals surface area contributed by atoms with Crippen LogP contribution in [0.5, 0.6) is 0 Å². The van der Waals surface area contributed by atoms with Gasteiger partial charge in [-0.05, 0) is 36.1 Å². The Labute approximate surface area is 84.9 Å². The summed E-state index contributed by atoms with van der Waals surface area (Å²) in [5, 5.41) is 0. The number of rotatable bonds is 4. The molecule has 0 radical (unpaired) electrons. The largest absolute Gasteiger partial charge is 0.398 e. The summed E-state index contributed by atoms with van der Waals surface area (Å²) in [7, 11) is 0. The lowest BCUT2D eigenvalue weighted by molar-refractivity contribution is 1.16. The van der Waals surface area contributed by atoms with Gasteiger partial charge in [0.05, 0.1) is 0 Å². The molecule has 0 aliphatic carbocycles. The molecule has 0 bridgehead atoms. The molecule has 14 heavy (non-hydrogen) atoms. The highest BCUT2D eigenvalue weighted by Crippen LogP contribution is 2.24. The maximum atomic E-state index is 5.87. The molecule has 0 aromatic heterocycles. The first-order valence-corrected chi connectivity index (χ1v) is 4.58. The van der Waals surface area contributed by atoms with E-state index in [1.165, 1.54) is 0 Å². The molecule has 0 amide bonds. The summed E-state index contributed by atoms with van der Waals surface area (Å²) in [6, 6.07) is 3.67. The third kappa shape index (κ3) is 1.96. The molecule has 0 heterocycles. The van der Waals surface area contributed by atoms with Crippen LogP contribution < -0.4 is 11.5 Å². The standard InChI is InChI=1S/C12H16N2/c1-3-5-9-10(6-4-2)12(14)8-7-11(9)13/h3-4,7-8H,1-2,5-6,13-14H2. The van der Waals surface area contributed by atoms with E-state index in [9.17, 15) is 0 Å². The van der Waals surface area contributed by atoms with Crippen LogP contribution in [0.25, 0.3) is 0 Å². The Morgan fingerprint density at radius 3 is 1.57 bits per heavy atom. The van der Waals surface area contributed by atoms with E-state index in [1.807, 2.05) is 24.3 Å². The van der Waals surface area contributed by atoms with Crippen molar-refractivity contribution in [2.24, 2.45) is 0 Å². The van der Waals surface area contributed by atoms with Gasteiger partial charge in [-0.3, -0.25) is 0 Å². The van der Waals surface area contributed by atoms with Crippen molar-refractivity contribution in [1.82, 2.24) is 0 Å². The fraction of sp³-hybridized carbons (Fsp3) is 0.167. The number of hydrogen-bond donors (Lipinski definition) is 2. The van der Waals surface area contributed by atoms with Crippen LogP contribution in [0.3, 0.4) is 0 Å². The highest BCUT2D eigenvalue weighted by atomic mass is 14.6. The average Bonchev–Trinajstić information content (AvgIpc) is 2.17. The second kappa shape index (κ2) is 4.51. The van der Waals surface area contributed by atoms with Gasteiger partial charge in [0.25, 0.3) is 0 Å². The predicted molar refractivity (Wildman–Crippen MR) is 63.1 cm³/mol. The van der Waals surface area contributed by atoms with E-state index in [4.69, 9.17) is 11.5 Å². The first-order chi connectivity index (χ1) is 6.70. The molecule has 2 heteroatoms. The lowest BCUT2D eigenvalue weighted by Crippen LogP contribution is -2.03. The molecule has 74 valence electrons. The number of anilines is 2. The van der Waals surface area contributed by atoms with Gasteiger partial charge in [-0.2, -0.15) is 0 Å². The minimum Gasteiger partial charge on any atom is -0.398 e. The van der Waals surface area contributed by atoms with Crippen LogP contribution in [0.15, 0.2) is 37.4 Å². The van der Waals surface area contributed by atoms with Crippen molar-refractivity contribution in [1.29, 1.82) is 0 Å². The molecule has 1 aromatic rings. The minimum absolute atomic E-state index is 0.750. The van der Waals surface area contributed by atoms with Crippen LogP contribution in [-0.4, -0.2) is 0 Å². The topological polar surface area (TPSA) is 52.0 Å². The molecule has 0 aliphatic heterocycles. The van der Waals surface area contributed by atoms with Gasteiger partial charge in [-0.15, -0.1) is 13.2 Å². The molecule has 2 nitrogen and oxygen atoms in total. The maximum absolute atomic E-state index is 5.87. The summed E-state index contributed by atoms with van der Waals surface area (Å²) in [6.07, 6.45) is 5.16. The Kier molecular flexibility index (Phi) is 3.35. The molecular weight excluding hydrogens is 172 g/mol. The van der Waals surface area contributed by atoms with Crippen LogP contribution in [0, 0.1) is 0 Å². The van der Waals surface area contributed by atoms with E-state index < -0.39 is 0 Å². The van der Waals surface area contributed by atoms with E-state index in [-0.39, 0.29) is 0 Å². The Morgan fingerprint density at radius 1 is 0.929 bits per heavy atom. The van der Waals surface area contributed by atoms with Gasteiger partial charge in [0.15, 0.2) is 0 Å². The van der Waals surface area contributed by atoms with Gasteiger partial charge in [0.2, 0.25) is 0 Å². The zero-order chi connectivity index (χ0) is 10.6. The molecular formula is C12H16N2. The molecule has 0 unspecified atom stereocenters. The van der Waals surface area contributed by atoms with Gasteiger partial charge in [-0.25, -0.2) is 0 Å². The highest BCUT2D eigenvalue weighted by molar-refractivity contribution is 5.63. The van der Waals surface area contributed by atoms with Crippen LogP contribution >= 0.6 is 0 Å². The van der Waals surface area contributed by atoms with E-state index in [1.54, 1.807) is 0 Å². The first kappa shape index (κ1) is 10.4. The van der Waals surface area contributed by atoms with Gasteiger partial charge < -0.3 is 11.5 Å². The molecule has 0 saturated heterocycles. The second-order valence-electron chi connectivity index (χ2n) is 3.19. The summed E-state index contributed by atoms with van der Waals surface area (Å²) >= 11 is 0. The third-order valence-corrected chi connectivity index (χ3v) is 2.20. The minimum atomic E-state index is 0.750. The molecule has 1 aromatic carbocycles. The van der Waals surface area contributed by atoms with Crippen molar-refractivity contribution >= 4 is 11.4 Å². The van der Waals surface area contributed by atoms with Crippen LogP contribution in [0.1, 0.15) is 11.1 Å². The maximum Gasteiger partial charge on any atom is 0.0354 e. The highest BCUT2D eigenvalue weighted by Gasteiger charge is 2.07. The Hall–Kier alpha value is -1.70. The van der Waals surface area contributed by atoms with E-state index >= 15 is 0 Å². The molecule has 0 aliphatic rings. The normalized spacial score (nSPS) is 9.71. The van der Waals surface area contributed by atoms with E-state index in [0.717, 1.165) is 35.3 Å². The third-order valence-electron chi connectivity index (χ3n) is 2.20. The fourth-order valence-electron chi connectivity index (χ4n) is 1.50. The monoisotopic (exact) mass is 188 g/mol. The molecule has 1 rings (SSSR count). The zero-order valence-electron chi connectivity index (χ0n) is 8.29. The molecule has 4 N–H and O–H groups in total. The number of nitrogen functional groups attached to an aromatic ring is 2. The first-order valence-electron chi connectivity index (χ1n) is 4.58. The summed E-state index contributed by atoms with van der Waals surface area (Å²) in [5.41, 5.74) is 15.4. The number of hydrogen-bond acceptors (Lipinski definition) is 2. The smallest absolute Gasteiger partial charge is 0.0354 e.